The van der Waals surface area contributed by atoms with Crippen LogP contribution in [0.15, 0.2) is 36.7 Å². The number of aliphatic hydroxyl groups excluding tert-OH is 1. The first-order valence-corrected chi connectivity index (χ1v) is 5.10. The van der Waals surface area contributed by atoms with Gasteiger partial charge in [0.1, 0.15) is 11.6 Å². The van der Waals surface area contributed by atoms with Crippen LogP contribution in [0, 0.1) is 0 Å². The number of rotatable bonds is 4. The van der Waals surface area contributed by atoms with Gasteiger partial charge in [0, 0.05) is 18.8 Å². The van der Waals surface area contributed by atoms with E-state index in [0.29, 0.717) is 6.42 Å². The van der Waals surface area contributed by atoms with E-state index >= 15 is 0 Å². The molecule has 0 radical (unpaired) electrons. The lowest BCUT2D eigenvalue weighted by Gasteiger charge is -2.10. The van der Waals surface area contributed by atoms with Crippen molar-refractivity contribution in [3.05, 3.63) is 48.0 Å². The van der Waals surface area contributed by atoms with Crippen LogP contribution in [0.25, 0.3) is 0 Å². The van der Waals surface area contributed by atoms with Crippen LogP contribution in [0.1, 0.15) is 17.5 Å². The van der Waals surface area contributed by atoms with Crippen LogP contribution in [-0.2, 0) is 6.42 Å². The summed E-state index contributed by atoms with van der Waals surface area (Å²) in [5.74, 6) is 1.52. The lowest BCUT2D eigenvalue weighted by molar-refractivity contribution is 0.175. The standard InChI is InChI=1S/C12H14N2O2/c1-16-10-4-2-3-9(7-10)11(15)8-12-13-5-6-14-12/h2-7,11,15H,8H2,1H3,(H,13,14). The smallest absolute Gasteiger partial charge is 0.119 e. The van der Waals surface area contributed by atoms with Gasteiger partial charge < -0.3 is 14.8 Å². The Labute approximate surface area is 93.9 Å². The Bertz CT molecular complexity index is 440. The topological polar surface area (TPSA) is 58.1 Å². The summed E-state index contributed by atoms with van der Waals surface area (Å²) in [4.78, 5) is 7.04. The Morgan fingerprint density at radius 2 is 2.38 bits per heavy atom. The molecular weight excluding hydrogens is 204 g/mol. The number of aromatic nitrogens is 2. The van der Waals surface area contributed by atoms with E-state index < -0.39 is 6.10 Å². The number of ether oxygens (including phenoxy) is 1. The van der Waals surface area contributed by atoms with E-state index in [0.717, 1.165) is 17.1 Å². The maximum absolute atomic E-state index is 10.00. The van der Waals surface area contributed by atoms with Gasteiger partial charge in [0.25, 0.3) is 0 Å². The Kier molecular flexibility index (Phi) is 3.22. The molecule has 0 fully saturated rings. The highest BCUT2D eigenvalue weighted by Gasteiger charge is 2.10. The Balaban J connectivity index is 2.11. The van der Waals surface area contributed by atoms with E-state index in [-0.39, 0.29) is 0 Å². The van der Waals surface area contributed by atoms with Crippen molar-refractivity contribution < 1.29 is 9.84 Å². The second-order valence-electron chi connectivity index (χ2n) is 3.53. The third-order valence-corrected chi connectivity index (χ3v) is 2.42. The number of nitrogens with zero attached hydrogens (tertiary/aromatic N) is 1. The molecule has 2 aromatic rings. The second-order valence-corrected chi connectivity index (χ2v) is 3.53. The highest BCUT2D eigenvalue weighted by molar-refractivity contribution is 5.30. The summed E-state index contributed by atoms with van der Waals surface area (Å²) in [7, 11) is 1.61. The van der Waals surface area contributed by atoms with Crippen molar-refractivity contribution >= 4 is 0 Å². The van der Waals surface area contributed by atoms with Gasteiger partial charge in [0.2, 0.25) is 0 Å². The van der Waals surface area contributed by atoms with Crippen molar-refractivity contribution in [3.63, 3.8) is 0 Å². The van der Waals surface area contributed by atoms with Crippen molar-refractivity contribution in [2.75, 3.05) is 7.11 Å². The zero-order valence-electron chi connectivity index (χ0n) is 9.05. The lowest BCUT2D eigenvalue weighted by atomic mass is 10.1. The molecule has 2 N–H and O–H groups in total. The molecule has 84 valence electrons. The molecule has 0 aliphatic carbocycles. The normalized spacial score (nSPS) is 12.4. The van der Waals surface area contributed by atoms with E-state index in [1.165, 1.54) is 0 Å². The maximum atomic E-state index is 10.00. The first-order chi connectivity index (χ1) is 7.79. The third-order valence-electron chi connectivity index (χ3n) is 2.42. The molecule has 4 heteroatoms. The zero-order chi connectivity index (χ0) is 11.4. The van der Waals surface area contributed by atoms with E-state index in [9.17, 15) is 5.11 Å². The Morgan fingerprint density at radius 1 is 1.50 bits per heavy atom. The van der Waals surface area contributed by atoms with E-state index in [2.05, 4.69) is 9.97 Å². The third kappa shape index (κ3) is 2.41. The average Bonchev–Trinajstić information content (AvgIpc) is 2.82. The highest BCUT2D eigenvalue weighted by Crippen LogP contribution is 2.21. The number of aromatic amines is 1. The van der Waals surface area contributed by atoms with E-state index in [1.807, 2.05) is 24.3 Å². The van der Waals surface area contributed by atoms with E-state index in [4.69, 9.17) is 4.74 Å². The van der Waals surface area contributed by atoms with Crippen molar-refractivity contribution in [2.45, 2.75) is 12.5 Å². The molecule has 2 rings (SSSR count). The molecule has 1 atom stereocenters. The van der Waals surface area contributed by atoms with Gasteiger partial charge in [-0.05, 0) is 17.7 Å². The number of imidazole rings is 1. The van der Waals surface area contributed by atoms with Crippen LogP contribution >= 0.6 is 0 Å². The van der Waals surface area contributed by atoms with Crippen LogP contribution in [0.5, 0.6) is 5.75 Å². The van der Waals surface area contributed by atoms with Gasteiger partial charge in [-0.2, -0.15) is 0 Å². The number of methoxy groups -OCH3 is 1. The molecule has 0 aliphatic heterocycles. The molecular formula is C12H14N2O2. The lowest BCUT2D eigenvalue weighted by Crippen LogP contribution is -2.03. The summed E-state index contributed by atoms with van der Waals surface area (Å²) in [6.45, 7) is 0. The summed E-state index contributed by atoms with van der Waals surface area (Å²) in [5.41, 5.74) is 0.829. The molecule has 0 aliphatic rings. The molecule has 1 aromatic heterocycles. The molecule has 4 nitrogen and oxygen atoms in total. The molecule has 1 aromatic carbocycles. The predicted molar refractivity (Wildman–Crippen MR) is 60.2 cm³/mol. The second kappa shape index (κ2) is 4.81. The number of aliphatic hydroxyl groups is 1. The molecule has 0 saturated heterocycles. The Hall–Kier alpha value is -1.81. The largest absolute Gasteiger partial charge is 0.497 e. The van der Waals surface area contributed by atoms with Gasteiger partial charge >= 0.3 is 0 Å². The van der Waals surface area contributed by atoms with Gasteiger partial charge in [-0.3, -0.25) is 0 Å². The summed E-state index contributed by atoms with van der Waals surface area (Å²) in [5, 5.41) is 10.00. The SMILES string of the molecule is COc1cccc(C(O)Cc2ncc[nH]2)c1. The van der Waals surface area contributed by atoms with Crippen LogP contribution in [-0.4, -0.2) is 22.2 Å². The highest BCUT2D eigenvalue weighted by atomic mass is 16.5. The fraction of sp³-hybridized carbons (Fsp3) is 0.250. The minimum Gasteiger partial charge on any atom is -0.497 e. The monoisotopic (exact) mass is 218 g/mol. The van der Waals surface area contributed by atoms with Gasteiger partial charge in [-0.1, -0.05) is 12.1 Å². The number of nitrogens with one attached hydrogen (secondary N) is 1. The molecule has 0 saturated carbocycles. The number of hydrogen-bond acceptors (Lipinski definition) is 3. The number of hydrogen-bond donors (Lipinski definition) is 2. The summed E-state index contributed by atoms with van der Waals surface area (Å²) >= 11 is 0. The Morgan fingerprint density at radius 3 is 3.06 bits per heavy atom. The van der Waals surface area contributed by atoms with Crippen LogP contribution in [0.3, 0.4) is 0 Å². The zero-order valence-corrected chi connectivity index (χ0v) is 9.05. The first-order valence-electron chi connectivity index (χ1n) is 5.10. The van der Waals surface area contributed by atoms with Gasteiger partial charge in [0.05, 0.1) is 13.2 Å². The van der Waals surface area contributed by atoms with Gasteiger partial charge in [0.15, 0.2) is 0 Å². The van der Waals surface area contributed by atoms with Crippen molar-refractivity contribution in [1.29, 1.82) is 0 Å². The number of H-pyrrole nitrogens is 1. The molecule has 0 bridgehead atoms. The average molecular weight is 218 g/mol. The summed E-state index contributed by atoms with van der Waals surface area (Å²) in [6, 6.07) is 7.41. The minimum absolute atomic E-state index is 0.472. The predicted octanol–water partition coefficient (Wildman–Crippen LogP) is 1.69. The number of benzene rings is 1. The molecule has 1 unspecified atom stereocenters. The molecule has 0 spiro atoms. The molecule has 16 heavy (non-hydrogen) atoms. The van der Waals surface area contributed by atoms with Crippen LogP contribution < -0.4 is 4.74 Å². The van der Waals surface area contributed by atoms with E-state index in [1.54, 1.807) is 19.5 Å². The molecule has 0 amide bonds. The fourth-order valence-corrected chi connectivity index (χ4v) is 1.56. The summed E-state index contributed by atoms with van der Waals surface area (Å²) < 4.78 is 5.11. The fourth-order valence-electron chi connectivity index (χ4n) is 1.56. The maximum Gasteiger partial charge on any atom is 0.119 e. The van der Waals surface area contributed by atoms with Crippen molar-refractivity contribution in [1.82, 2.24) is 9.97 Å². The van der Waals surface area contributed by atoms with Gasteiger partial charge in [-0.15, -0.1) is 0 Å². The van der Waals surface area contributed by atoms with Gasteiger partial charge in [-0.25, -0.2) is 4.98 Å². The van der Waals surface area contributed by atoms with Crippen molar-refractivity contribution in [2.24, 2.45) is 0 Å². The van der Waals surface area contributed by atoms with Crippen LogP contribution in [0.4, 0.5) is 0 Å². The van der Waals surface area contributed by atoms with Crippen molar-refractivity contribution in [3.8, 4) is 5.75 Å². The minimum atomic E-state index is -0.568. The molecule has 1 heterocycles. The van der Waals surface area contributed by atoms with Crippen LogP contribution in [0.2, 0.25) is 0 Å². The summed E-state index contributed by atoms with van der Waals surface area (Å²) in [6.07, 6.45) is 3.32. The first kappa shape index (κ1) is 10.7. The quantitative estimate of drug-likeness (QED) is 0.821.